The molecule has 2 aromatic rings. The van der Waals surface area contributed by atoms with Gasteiger partial charge >= 0.3 is 0 Å². The van der Waals surface area contributed by atoms with E-state index in [0.717, 1.165) is 18.7 Å². The minimum absolute atomic E-state index is 0.970. The van der Waals surface area contributed by atoms with Crippen LogP contribution >= 0.6 is 0 Å². The van der Waals surface area contributed by atoms with Crippen LogP contribution in [0.15, 0.2) is 30.3 Å². The molecule has 3 nitrogen and oxygen atoms in total. The Morgan fingerprint density at radius 2 is 2.00 bits per heavy atom. The van der Waals surface area contributed by atoms with E-state index >= 15 is 0 Å². The van der Waals surface area contributed by atoms with Crippen molar-refractivity contribution < 1.29 is 0 Å². The van der Waals surface area contributed by atoms with Gasteiger partial charge in [-0.05, 0) is 19.5 Å². The predicted octanol–water partition coefficient (Wildman–Crippen LogP) is 2.15. The molecule has 0 aliphatic rings. The van der Waals surface area contributed by atoms with E-state index in [-0.39, 0.29) is 0 Å². The number of hydrogen-bond donors (Lipinski definition) is 2. The molecule has 0 bridgehead atoms. The van der Waals surface area contributed by atoms with Crippen molar-refractivity contribution in [3.8, 4) is 11.3 Å². The van der Waals surface area contributed by atoms with Crippen molar-refractivity contribution in [2.75, 3.05) is 13.6 Å². The Labute approximate surface area is 95.9 Å². The van der Waals surface area contributed by atoms with Crippen LogP contribution in [0.5, 0.6) is 0 Å². The monoisotopic (exact) mass is 215 g/mol. The van der Waals surface area contributed by atoms with Crippen molar-refractivity contribution in [1.29, 1.82) is 0 Å². The first-order valence-corrected chi connectivity index (χ1v) is 5.57. The lowest BCUT2D eigenvalue weighted by Gasteiger charge is -2.00. The first-order valence-electron chi connectivity index (χ1n) is 5.57. The van der Waals surface area contributed by atoms with Crippen LogP contribution in [0.3, 0.4) is 0 Å². The number of nitrogens with zero attached hydrogens (tertiary/aromatic N) is 1. The SMILES string of the molecule is CNCCc1[nH]nc(-c2ccccc2)c1C. The van der Waals surface area contributed by atoms with E-state index in [4.69, 9.17) is 0 Å². The molecule has 0 saturated carbocycles. The molecule has 0 fully saturated rings. The van der Waals surface area contributed by atoms with E-state index in [1.54, 1.807) is 0 Å². The Bertz CT molecular complexity index is 445. The summed E-state index contributed by atoms with van der Waals surface area (Å²) in [6, 6.07) is 10.3. The highest BCUT2D eigenvalue weighted by Gasteiger charge is 2.09. The topological polar surface area (TPSA) is 40.7 Å². The van der Waals surface area contributed by atoms with Crippen LogP contribution in [0.25, 0.3) is 11.3 Å². The maximum Gasteiger partial charge on any atom is 0.0952 e. The number of nitrogens with one attached hydrogen (secondary N) is 2. The van der Waals surface area contributed by atoms with Crippen LogP contribution in [0.4, 0.5) is 0 Å². The largest absolute Gasteiger partial charge is 0.319 e. The van der Waals surface area contributed by atoms with Gasteiger partial charge in [-0.15, -0.1) is 0 Å². The van der Waals surface area contributed by atoms with Gasteiger partial charge in [-0.1, -0.05) is 30.3 Å². The van der Waals surface area contributed by atoms with E-state index in [0.29, 0.717) is 0 Å². The molecule has 3 heteroatoms. The minimum Gasteiger partial charge on any atom is -0.319 e. The average Bonchev–Trinajstić information content (AvgIpc) is 2.69. The molecule has 2 rings (SSSR count). The van der Waals surface area contributed by atoms with Crippen molar-refractivity contribution >= 4 is 0 Å². The summed E-state index contributed by atoms with van der Waals surface area (Å²) in [4.78, 5) is 0. The number of H-pyrrole nitrogens is 1. The van der Waals surface area contributed by atoms with Crippen LogP contribution in [0, 0.1) is 6.92 Å². The lowest BCUT2D eigenvalue weighted by Crippen LogP contribution is -2.11. The molecule has 0 atom stereocenters. The highest BCUT2D eigenvalue weighted by molar-refractivity contribution is 5.63. The summed E-state index contributed by atoms with van der Waals surface area (Å²) >= 11 is 0. The normalized spacial score (nSPS) is 10.6. The van der Waals surface area contributed by atoms with Gasteiger partial charge in [-0.3, -0.25) is 5.10 Å². The Morgan fingerprint density at radius 3 is 2.69 bits per heavy atom. The van der Waals surface area contributed by atoms with Crippen molar-refractivity contribution in [3.05, 3.63) is 41.6 Å². The zero-order valence-electron chi connectivity index (χ0n) is 9.75. The Kier molecular flexibility index (Phi) is 3.37. The first-order chi connectivity index (χ1) is 7.83. The van der Waals surface area contributed by atoms with Gasteiger partial charge in [0.15, 0.2) is 0 Å². The average molecular weight is 215 g/mol. The smallest absolute Gasteiger partial charge is 0.0952 e. The van der Waals surface area contributed by atoms with Gasteiger partial charge in [-0.2, -0.15) is 5.10 Å². The zero-order valence-corrected chi connectivity index (χ0v) is 9.75. The van der Waals surface area contributed by atoms with Gasteiger partial charge in [0, 0.05) is 24.2 Å². The van der Waals surface area contributed by atoms with Crippen molar-refractivity contribution in [3.63, 3.8) is 0 Å². The number of aromatic nitrogens is 2. The Morgan fingerprint density at radius 1 is 1.25 bits per heavy atom. The summed E-state index contributed by atoms with van der Waals surface area (Å²) in [5.41, 5.74) is 4.70. The second-order valence-corrected chi connectivity index (χ2v) is 3.90. The van der Waals surface area contributed by atoms with Crippen LogP contribution in [0.2, 0.25) is 0 Å². The number of rotatable bonds is 4. The molecule has 0 unspecified atom stereocenters. The van der Waals surface area contributed by atoms with Gasteiger partial charge in [0.1, 0.15) is 0 Å². The summed E-state index contributed by atoms with van der Waals surface area (Å²) in [6.45, 7) is 3.09. The summed E-state index contributed by atoms with van der Waals surface area (Å²) in [5.74, 6) is 0. The van der Waals surface area contributed by atoms with Crippen LogP contribution in [-0.4, -0.2) is 23.8 Å². The maximum atomic E-state index is 4.39. The molecule has 1 heterocycles. The van der Waals surface area contributed by atoms with Crippen molar-refractivity contribution in [1.82, 2.24) is 15.5 Å². The molecular weight excluding hydrogens is 198 g/mol. The van der Waals surface area contributed by atoms with E-state index in [2.05, 4.69) is 34.6 Å². The molecule has 0 saturated heterocycles. The predicted molar refractivity (Wildman–Crippen MR) is 66.4 cm³/mol. The van der Waals surface area contributed by atoms with Crippen LogP contribution in [-0.2, 0) is 6.42 Å². The highest BCUT2D eigenvalue weighted by atomic mass is 15.1. The molecule has 84 valence electrons. The summed E-state index contributed by atoms with van der Waals surface area (Å²) in [6.07, 6.45) is 0.988. The Hall–Kier alpha value is -1.61. The summed E-state index contributed by atoms with van der Waals surface area (Å²) in [5, 5.41) is 10.6. The fraction of sp³-hybridized carbons (Fsp3) is 0.308. The third kappa shape index (κ3) is 2.14. The molecule has 0 amide bonds. The third-order valence-corrected chi connectivity index (χ3v) is 2.78. The van der Waals surface area contributed by atoms with E-state index in [1.165, 1.54) is 16.8 Å². The fourth-order valence-electron chi connectivity index (χ4n) is 1.80. The standard InChI is InChI=1S/C13H17N3/c1-10-12(8-9-14-2)15-16-13(10)11-6-4-3-5-7-11/h3-7,14H,8-9H2,1-2H3,(H,15,16). The molecule has 0 aliphatic carbocycles. The highest BCUT2D eigenvalue weighted by Crippen LogP contribution is 2.22. The molecule has 0 radical (unpaired) electrons. The van der Waals surface area contributed by atoms with E-state index in [1.807, 2.05) is 25.2 Å². The summed E-state index contributed by atoms with van der Waals surface area (Å²) in [7, 11) is 1.96. The quantitative estimate of drug-likeness (QED) is 0.820. The minimum atomic E-state index is 0.970. The first kappa shape index (κ1) is 10.9. The maximum absolute atomic E-state index is 4.39. The molecule has 2 N–H and O–H groups in total. The second kappa shape index (κ2) is 4.94. The molecule has 1 aromatic carbocycles. The molecule has 0 spiro atoms. The summed E-state index contributed by atoms with van der Waals surface area (Å²) < 4.78 is 0. The van der Waals surface area contributed by atoms with E-state index < -0.39 is 0 Å². The van der Waals surface area contributed by atoms with Gasteiger partial charge in [0.05, 0.1) is 5.69 Å². The molecule has 0 aliphatic heterocycles. The Balaban J connectivity index is 2.27. The van der Waals surface area contributed by atoms with Gasteiger partial charge < -0.3 is 5.32 Å². The van der Waals surface area contributed by atoms with Crippen LogP contribution < -0.4 is 5.32 Å². The van der Waals surface area contributed by atoms with Crippen molar-refractivity contribution in [2.24, 2.45) is 0 Å². The fourth-order valence-corrected chi connectivity index (χ4v) is 1.80. The molecular formula is C13H17N3. The number of aromatic amines is 1. The lowest BCUT2D eigenvalue weighted by atomic mass is 10.1. The third-order valence-electron chi connectivity index (χ3n) is 2.78. The van der Waals surface area contributed by atoms with E-state index in [9.17, 15) is 0 Å². The van der Waals surface area contributed by atoms with Crippen LogP contribution in [0.1, 0.15) is 11.3 Å². The lowest BCUT2D eigenvalue weighted by molar-refractivity contribution is 0.769. The number of hydrogen-bond acceptors (Lipinski definition) is 2. The zero-order chi connectivity index (χ0) is 11.4. The van der Waals surface area contributed by atoms with Gasteiger partial charge in [0.2, 0.25) is 0 Å². The van der Waals surface area contributed by atoms with Crippen molar-refractivity contribution in [2.45, 2.75) is 13.3 Å². The second-order valence-electron chi connectivity index (χ2n) is 3.90. The van der Waals surface area contributed by atoms with Gasteiger partial charge in [0.25, 0.3) is 0 Å². The van der Waals surface area contributed by atoms with Gasteiger partial charge in [-0.25, -0.2) is 0 Å². The molecule has 16 heavy (non-hydrogen) atoms. The number of likely N-dealkylation sites (N-methyl/N-ethyl adjacent to an activating group) is 1. The number of benzene rings is 1. The molecule has 1 aromatic heterocycles.